The number of aliphatic hydroxyl groups is 1. The Morgan fingerprint density at radius 3 is 2.82 bits per heavy atom. The number of nitrogens with zero attached hydrogens (tertiary/aromatic N) is 2. The van der Waals surface area contributed by atoms with Gasteiger partial charge in [-0.3, -0.25) is 4.79 Å². The summed E-state index contributed by atoms with van der Waals surface area (Å²) in [6.07, 6.45) is 3.09. The van der Waals surface area contributed by atoms with Crippen molar-refractivity contribution in [1.82, 2.24) is 4.98 Å². The zero-order chi connectivity index (χ0) is 24.2. The van der Waals surface area contributed by atoms with Gasteiger partial charge < -0.3 is 24.8 Å². The van der Waals surface area contributed by atoms with E-state index in [2.05, 4.69) is 10.3 Å². The van der Waals surface area contributed by atoms with Gasteiger partial charge in [0, 0.05) is 41.5 Å². The maximum Gasteiger partial charge on any atom is 0.328 e. The van der Waals surface area contributed by atoms with Gasteiger partial charge in [0.15, 0.2) is 0 Å². The molecule has 1 saturated heterocycles. The van der Waals surface area contributed by atoms with Crippen LogP contribution in [0.3, 0.4) is 0 Å². The number of rotatable bonds is 3. The number of carbonyl (C=O) groups excluding carboxylic acids is 2. The SMILES string of the molecule is COC(=O)[C@@H]1C[C@@H](O)CN1c1ccc(C2=C/C(=C3\C(=O)Nc4ccc(F)cc43)OC2(C)C)cn1. The summed E-state index contributed by atoms with van der Waals surface area (Å²) in [5, 5.41) is 12.8. The molecule has 34 heavy (non-hydrogen) atoms. The van der Waals surface area contributed by atoms with Crippen LogP contribution < -0.4 is 10.2 Å². The number of allylic oxidation sites excluding steroid dienone is 1. The zero-order valence-corrected chi connectivity index (χ0v) is 19.0. The Labute approximate surface area is 195 Å². The molecular weight excluding hydrogens is 441 g/mol. The molecule has 3 aliphatic rings. The van der Waals surface area contributed by atoms with Gasteiger partial charge in [0.1, 0.15) is 29.0 Å². The van der Waals surface area contributed by atoms with Gasteiger partial charge in [-0.2, -0.15) is 0 Å². The highest BCUT2D eigenvalue weighted by Gasteiger charge is 2.40. The van der Waals surface area contributed by atoms with E-state index in [1.54, 1.807) is 23.2 Å². The molecular formula is C25H24FN3O5. The molecule has 9 heteroatoms. The highest BCUT2D eigenvalue weighted by atomic mass is 19.1. The third-order valence-corrected chi connectivity index (χ3v) is 6.37. The number of aromatic nitrogens is 1. The van der Waals surface area contributed by atoms with Crippen LogP contribution in [0.5, 0.6) is 0 Å². The van der Waals surface area contributed by atoms with Gasteiger partial charge in [0.05, 0.1) is 18.8 Å². The molecule has 0 bridgehead atoms. The predicted molar refractivity (Wildman–Crippen MR) is 123 cm³/mol. The Morgan fingerprint density at radius 1 is 1.32 bits per heavy atom. The van der Waals surface area contributed by atoms with Crippen molar-refractivity contribution in [3.63, 3.8) is 0 Å². The zero-order valence-electron chi connectivity index (χ0n) is 19.0. The Bertz CT molecular complexity index is 1250. The fourth-order valence-electron chi connectivity index (χ4n) is 4.74. The van der Waals surface area contributed by atoms with Crippen LogP contribution in [0.15, 0.2) is 48.4 Å². The molecule has 0 radical (unpaired) electrons. The average Bonchev–Trinajstić information content (AvgIpc) is 3.44. The number of ether oxygens (including phenoxy) is 2. The van der Waals surface area contributed by atoms with E-state index < -0.39 is 29.5 Å². The molecule has 5 rings (SSSR count). The lowest BCUT2D eigenvalue weighted by Gasteiger charge is -2.25. The third kappa shape index (κ3) is 3.62. The number of nitrogens with one attached hydrogen (secondary N) is 1. The van der Waals surface area contributed by atoms with Gasteiger partial charge in [-0.25, -0.2) is 14.2 Å². The van der Waals surface area contributed by atoms with Crippen molar-refractivity contribution in [3.05, 3.63) is 65.3 Å². The van der Waals surface area contributed by atoms with Gasteiger partial charge in [0.25, 0.3) is 5.91 Å². The lowest BCUT2D eigenvalue weighted by Crippen LogP contribution is -2.37. The van der Waals surface area contributed by atoms with Crippen LogP contribution in [0.2, 0.25) is 0 Å². The van der Waals surface area contributed by atoms with E-state index in [-0.39, 0.29) is 24.4 Å². The predicted octanol–water partition coefficient (Wildman–Crippen LogP) is 2.89. The number of carbonyl (C=O) groups is 2. The molecule has 2 aromatic rings. The van der Waals surface area contributed by atoms with Crippen LogP contribution in [0.25, 0.3) is 11.1 Å². The first-order chi connectivity index (χ1) is 16.2. The number of pyridine rings is 1. The topological polar surface area (TPSA) is 101 Å². The minimum absolute atomic E-state index is 0.281. The van der Waals surface area contributed by atoms with Crippen LogP contribution in [-0.2, 0) is 19.1 Å². The molecule has 0 spiro atoms. The summed E-state index contributed by atoms with van der Waals surface area (Å²) in [6, 6.07) is 7.18. The summed E-state index contributed by atoms with van der Waals surface area (Å²) in [5.41, 5.74) is 2.10. The number of β-amino-alcohol motifs (C(OH)–C–C–N with tert-alkyl or cyclic N) is 1. The number of halogens is 1. The molecule has 176 valence electrons. The maximum atomic E-state index is 13.9. The van der Waals surface area contributed by atoms with Crippen LogP contribution in [-0.4, -0.2) is 53.4 Å². The second-order valence-corrected chi connectivity index (χ2v) is 9.04. The summed E-state index contributed by atoms with van der Waals surface area (Å²) in [5.74, 6) is -0.297. The molecule has 3 aliphatic heterocycles. The van der Waals surface area contributed by atoms with E-state index in [1.165, 1.54) is 25.3 Å². The Hall–Kier alpha value is -3.72. The highest BCUT2D eigenvalue weighted by Crippen LogP contribution is 2.44. The van der Waals surface area contributed by atoms with Crippen LogP contribution in [0, 0.1) is 5.82 Å². The van der Waals surface area contributed by atoms with Gasteiger partial charge in [0.2, 0.25) is 0 Å². The van der Waals surface area contributed by atoms with Crippen molar-refractivity contribution >= 4 is 34.5 Å². The molecule has 1 fully saturated rings. The standard InChI is InChI=1S/C25H24FN3O5/c1-25(2)17(10-20(34-25)22-16-8-14(26)5-6-18(16)28-23(22)31)13-4-7-21(27-11-13)29-12-15(30)9-19(29)24(32)33-3/h4-8,10-11,15,19,30H,9,12H2,1-3H3,(H,28,31)/b22-20+/t15-,19+/m1/s1. The van der Waals surface area contributed by atoms with E-state index in [0.29, 0.717) is 22.8 Å². The molecule has 8 nitrogen and oxygen atoms in total. The Morgan fingerprint density at radius 2 is 2.12 bits per heavy atom. The van der Waals surface area contributed by atoms with E-state index >= 15 is 0 Å². The minimum Gasteiger partial charge on any atom is -0.482 e. The van der Waals surface area contributed by atoms with Crippen molar-refractivity contribution in [3.8, 4) is 0 Å². The molecule has 1 aromatic heterocycles. The van der Waals surface area contributed by atoms with Crippen LogP contribution in [0.1, 0.15) is 31.4 Å². The van der Waals surface area contributed by atoms with Crippen molar-refractivity contribution in [2.75, 3.05) is 23.9 Å². The summed E-state index contributed by atoms with van der Waals surface area (Å²) in [4.78, 5) is 31.0. The maximum absolute atomic E-state index is 13.9. The third-order valence-electron chi connectivity index (χ3n) is 6.37. The number of hydrogen-bond donors (Lipinski definition) is 2. The molecule has 2 N–H and O–H groups in total. The number of benzene rings is 1. The molecule has 4 heterocycles. The number of anilines is 2. The quantitative estimate of drug-likeness (QED) is 0.531. The fraction of sp³-hybridized carbons (Fsp3) is 0.320. The van der Waals surface area contributed by atoms with E-state index in [1.807, 2.05) is 19.9 Å². The number of aliphatic hydroxyl groups excluding tert-OH is 1. The molecule has 1 amide bonds. The summed E-state index contributed by atoms with van der Waals surface area (Å²) < 4.78 is 24.9. The average molecular weight is 465 g/mol. The van der Waals surface area contributed by atoms with E-state index in [9.17, 15) is 19.1 Å². The lowest BCUT2D eigenvalue weighted by atomic mass is 9.93. The van der Waals surface area contributed by atoms with Gasteiger partial charge in [-0.15, -0.1) is 0 Å². The molecule has 1 aromatic carbocycles. The monoisotopic (exact) mass is 465 g/mol. The summed E-state index contributed by atoms with van der Waals surface area (Å²) in [7, 11) is 1.32. The van der Waals surface area contributed by atoms with E-state index in [0.717, 1.165) is 11.1 Å². The first-order valence-corrected chi connectivity index (χ1v) is 10.9. The van der Waals surface area contributed by atoms with Crippen LogP contribution in [0.4, 0.5) is 15.9 Å². The summed E-state index contributed by atoms with van der Waals surface area (Å²) in [6.45, 7) is 4.04. The van der Waals surface area contributed by atoms with Gasteiger partial charge in [-0.05, 0) is 50.3 Å². The summed E-state index contributed by atoms with van der Waals surface area (Å²) >= 11 is 0. The number of hydrogen-bond acceptors (Lipinski definition) is 7. The van der Waals surface area contributed by atoms with E-state index in [4.69, 9.17) is 9.47 Å². The fourth-order valence-corrected chi connectivity index (χ4v) is 4.74. The van der Waals surface area contributed by atoms with Crippen molar-refractivity contribution in [2.24, 2.45) is 0 Å². The molecule has 0 unspecified atom stereocenters. The highest BCUT2D eigenvalue weighted by molar-refractivity contribution is 6.32. The molecule has 0 aliphatic carbocycles. The lowest BCUT2D eigenvalue weighted by molar-refractivity contribution is -0.142. The van der Waals surface area contributed by atoms with Crippen molar-refractivity contribution in [1.29, 1.82) is 0 Å². The smallest absolute Gasteiger partial charge is 0.328 e. The molecule has 2 atom stereocenters. The first-order valence-electron chi connectivity index (χ1n) is 10.9. The molecule has 0 saturated carbocycles. The van der Waals surface area contributed by atoms with Crippen LogP contribution >= 0.6 is 0 Å². The Balaban J connectivity index is 1.49. The minimum atomic E-state index is -0.764. The second-order valence-electron chi connectivity index (χ2n) is 9.04. The van der Waals surface area contributed by atoms with Gasteiger partial charge >= 0.3 is 5.97 Å². The second kappa shape index (κ2) is 7.95. The number of amides is 1. The van der Waals surface area contributed by atoms with Crippen molar-refractivity contribution in [2.45, 2.75) is 38.0 Å². The Kier molecular flexibility index (Phi) is 5.16. The van der Waals surface area contributed by atoms with Crippen molar-refractivity contribution < 1.29 is 28.6 Å². The first kappa shape index (κ1) is 22.1. The van der Waals surface area contributed by atoms with Gasteiger partial charge in [-0.1, -0.05) is 0 Å². The normalized spacial score (nSPS) is 25.0. The largest absolute Gasteiger partial charge is 0.482 e. The number of fused-ring (bicyclic) bond motifs is 1. The number of esters is 1. The number of methoxy groups -OCH3 is 1.